The van der Waals surface area contributed by atoms with E-state index in [2.05, 4.69) is 5.32 Å². The first-order valence-electron chi connectivity index (χ1n) is 7.93. The zero-order valence-corrected chi connectivity index (χ0v) is 14.5. The van der Waals surface area contributed by atoms with Crippen LogP contribution in [0.3, 0.4) is 0 Å². The van der Waals surface area contributed by atoms with Crippen LogP contribution in [-0.2, 0) is 0 Å². The average molecular weight is 339 g/mol. The number of carboxylic acids is 1. The predicted octanol–water partition coefficient (Wildman–Crippen LogP) is 3.64. The predicted molar refractivity (Wildman–Crippen MR) is 96.0 cm³/mol. The third kappa shape index (κ3) is 4.53. The van der Waals surface area contributed by atoms with Crippen molar-refractivity contribution in [2.75, 3.05) is 6.54 Å². The standard InChI is InChI=1S/C20H21NO4/c1-20(2,3)12-21-18(23)13-8-9-16(17(10-13)19(24)25)15-7-5-4-6-14(15)11-22/h4-11H,12H2,1-3H3,(H,21,23)(H,24,25). The first kappa shape index (κ1) is 18.4. The van der Waals surface area contributed by atoms with Crippen molar-refractivity contribution < 1.29 is 19.5 Å². The first-order valence-corrected chi connectivity index (χ1v) is 7.93. The van der Waals surface area contributed by atoms with Gasteiger partial charge in [0.05, 0.1) is 5.56 Å². The molecule has 0 radical (unpaired) electrons. The summed E-state index contributed by atoms with van der Waals surface area (Å²) in [4.78, 5) is 35.2. The lowest BCUT2D eigenvalue weighted by molar-refractivity contribution is 0.0697. The van der Waals surface area contributed by atoms with E-state index in [-0.39, 0.29) is 22.4 Å². The van der Waals surface area contributed by atoms with E-state index in [1.807, 2.05) is 20.8 Å². The molecule has 0 fully saturated rings. The van der Waals surface area contributed by atoms with Gasteiger partial charge < -0.3 is 10.4 Å². The van der Waals surface area contributed by atoms with Gasteiger partial charge in [0.1, 0.15) is 0 Å². The number of amides is 1. The third-order valence-electron chi connectivity index (χ3n) is 3.67. The second-order valence-corrected chi connectivity index (χ2v) is 7.01. The lowest BCUT2D eigenvalue weighted by atomic mass is 9.93. The minimum atomic E-state index is -1.15. The minimum absolute atomic E-state index is 0.0160. The topological polar surface area (TPSA) is 83.5 Å². The maximum Gasteiger partial charge on any atom is 0.336 e. The molecule has 2 N–H and O–H groups in total. The van der Waals surface area contributed by atoms with Gasteiger partial charge in [-0.2, -0.15) is 0 Å². The molecule has 0 aliphatic heterocycles. The Kier molecular flexibility index (Phi) is 5.37. The van der Waals surface area contributed by atoms with Crippen LogP contribution in [0.15, 0.2) is 42.5 Å². The number of benzene rings is 2. The summed E-state index contributed by atoms with van der Waals surface area (Å²) in [6.07, 6.45) is 0.685. The fourth-order valence-corrected chi connectivity index (χ4v) is 2.39. The largest absolute Gasteiger partial charge is 0.478 e. The summed E-state index contributed by atoms with van der Waals surface area (Å²) in [5.41, 5.74) is 1.51. The van der Waals surface area contributed by atoms with Gasteiger partial charge in [0.15, 0.2) is 6.29 Å². The maximum absolute atomic E-state index is 12.3. The number of hydrogen-bond acceptors (Lipinski definition) is 3. The Labute approximate surface area is 146 Å². The fourth-order valence-electron chi connectivity index (χ4n) is 2.39. The van der Waals surface area contributed by atoms with Gasteiger partial charge in [-0.15, -0.1) is 0 Å². The van der Waals surface area contributed by atoms with Gasteiger partial charge >= 0.3 is 5.97 Å². The molecule has 0 bridgehead atoms. The molecule has 2 aromatic rings. The van der Waals surface area contributed by atoms with Crippen LogP contribution in [0.2, 0.25) is 0 Å². The summed E-state index contributed by atoms with van der Waals surface area (Å²) in [5, 5.41) is 12.3. The van der Waals surface area contributed by atoms with E-state index in [0.29, 0.717) is 29.5 Å². The van der Waals surface area contributed by atoms with Gasteiger partial charge in [-0.25, -0.2) is 4.79 Å². The molecular weight excluding hydrogens is 318 g/mol. The number of aldehydes is 1. The van der Waals surface area contributed by atoms with Crippen molar-refractivity contribution in [1.29, 1.82) is 0 Å². The SMILES string of the molecule is CC(C)(C)CNC(=O)c1ccc(-c2ccccc2C=O)c(C(=O)O)c1. The summed E-state index contributed by atoms with van der Waals surface area (Å²) < 4.78 is 0. The van der Waals surface area contributed by atoms with Crippen LogP contribution in [0, 0.1) is 5.41 Å². The Morgan fingerprint density at radius 3 is 2.36 bits per heavy atom. The maximum atomic E-state index is 12.3. The van der Waals surface area contributed by atoms with Crippen molar-refractivity contribution in [1.82, 2.24) is 5.32 Å². The number of nitrogens with one attached hydrogen (secondary N) is 1. The molecule has 25 heavy (non-hydrogen) atoms. The lowest BCUT2D eigenvalue weighted by Gasteiger charge is -2.19. The molecule has 2 aromatic carbocycles. The van der Waals surface area contributed by atoms with E-state index in [9.17, 15) is 19.5 Å². The molecule has 5 heteroatoms. The smallest absolute Gasteiger partial charge is 0.336 e. The Morgan fingerprint density at radius 2 is 1.76 bits per heavy atom. The van der Waals surface area contributed by atoms with Crippen LogP contribution in [0.25, 0.3) is 11.1 Å². The van der Waals surface area contributed by atoms with Crippen LogP contribution in [0.4, 0.5) is 0 Å². The normalized spacial score (nSPS) is 11.0. The van der Waals surface area contributed by atoms with Crippen LogP contribution in [0.1, 0.15) is 51.8 Å². The highest BCUT2D eigenvalue weighted by Crippen LogP contribution is 2.27. The number of carbonyl (C=O) groups excluding carboxylic acids is 2. The summed E-state index contributed by atoms with van der Waals surface area (Å²) in [6.45, 7) is 6.46. The van der Waals surface area contributed by atoms with E-state index in [1.165, 1.54) is 6.07 Å². The van der Waals surface area contributed by atoms with E-state index < -0.39 is 5.97 Å². The molecule has 1 amide bonds. The van der Waals surface area contributed by atoms with Crippen LogP contribution < -0.4 is 5.32 Å². The molecule has 0 aliphatic rings. The molecule has 5 nitrogen and oxygen atoms in total. The Bertz CT molecular complexity index is 819. The van der Waals surface area contributed by atoms with Crippen molar-refractivity contribution in [2.24, 2.45) is 5.41 Å². The zero-order chi connectivity index (χ0) is 18.6. The highest BCUT2D eigenvalue weighted by Gasteiger charge is 2.18. The second-order valence-electron chi connectivity index (χ2n) is 7.01. The molecule has 0 saturated heterocycles. The molecule has 0 aliphatic carbocycles. The molecule has 0 spiro atoms. The summed E-state index contributed by atoms with van der Waals surface area (Å²) >= 11 is 0. The Morgan fingerprint density at radius 1 is 1.08 bits per heavy atom. The lowest BCUT2D eigenvalue weighted by Crippen LogP contribution is -2.32. The second kappa shape index (κ2) is 7.30. The molecule has 0 unspecified atom stereocenters. The molecule has 0 aromatic heterocycles. The van der Waals surface area contributed by atoms with Gasteiger partial charge in [0.25, 0.3) is 5.91 Å². The molecular formula is C20H21NO4. The van der Waals surface area contributed by atoms with E-state index >= 15 is 0 Å². The number of aromatic carboxylic acids is 1. The van der Waals surface area contributed by atoms with Gasteiger partial charge in [0.2, 0.25) is 0 Å². The first-order chi connectivity index (χ1) is 11.7. The Balaban J connectivity index is 2.43. The van der Waals surface area contributed by atoms with Gasteiger partial charge in [-0.05, 0) is 28.7 Å². The van der Waals surface area contributed by atoms with Gasteiger partial charge in [-0.3, -0.25) is 9.59 Å². The number of rotatable bonds is 5. The van der Waals surface area contributed by atoms with Crippen molar-refractivity contribution in [3.63, 3.8) is 0 Å². The van der Waals surface area contributed by atoms with Crippen LogP contribution >= 0.6 is 0 Å². The van der Waals surface area contributed by atoms with E-state index in [4.69, 9.17) is 0 Å². The molecule has 2 rings (SSSR count). The van der Waals surface area contributed by atoms with Crippen molar-refractivity contribution in [3.05, 3.63) is 59.2 Å². The minimum Gasteiger partial charge on any atom is -0.478 e. The summed E-state index contributed by atoms with van der Waals surface area (Å²) in [5.74, 6) is -1.48. The van der Waals surface area contributed by atoms with Crippen LogP contribution in [0.5, 0.6) is 0 Å². The van der Waals surface area contributed by atoms with Gasteiger partial charge in [-0.1, -0.05) is 51.1 Å². The van der Waals surface area contributed by atoms with Gasteiger partial charge in [0, 0.05) is 17.7 Å². The molecule has 0 saturated carbocycles. The number of carbonyl (C=O) groups is 3. The van der Waals surface area contributed by atoms with Crippen molar-refractivity contribution >= 4 is 18.2 Å². The van der Waals surface area contributed by atoms with Crippen molar-refractivity contribution in [3.8, 4) is 11.1 Å². The summed E-state index contributed by atoms with van der Waals surface area (Å²) in [6, 6.07) is 11.2. The zero-order valence-electron chi connectivity index (χ0n) is 14.5. The average Bonchev–Trinajstić information content (AvgIpc) is 2.58. The molecule has 130 valence electrons. The highest BCUT2D eigenvalue weighted by molar-refractivity contribution is 6.03. The van der Waals surface area contributed by atoms with Crippen molar-refractivity contribution in [2.45, 2.75) is 20.8 Å². The van der Waals surface area contributed by atoms with E-state index in [1.54, 1.807) is 36.4 Å². The van der Waals surface area contributed by atoms with Crippen LogP contribution in [-0.4, -0.2) is 29.8 Å². The third-order valence-corrected chi connectivity index (χ3v) is 3.67. The molecule has 0 atom stereocenters. The summed E-state index contributed by atoms with van der Waals surface area (Å²) in [7, 11) is 0. The monoisotopic (exact) mass is 339 g/mol. The quantitative estimate of drug-likeness (QED) is 0.815. The number of carboxylic acid groups (broad SMARTS) is 1. The van der Waals surface area contributed by atoms with E-state index in [0.717, 1.165) is 0 Å². The Hall–Kier alpha value is -2.95. The highest BCUT2D eigenvalue weighted by atomic mass is 16.4. The number of hydrogen-bond donors (Lipinski definition) is 2. The fraction of sp³-hybridized carbons (Fsp3) is 0.250. The molecule has 0 heterocycles.